The first kappa shape index (κ1) is 18.1. The number of phenolic OH excluding ortho intramolecular Hbond substituents is 1. The van der Waals surface area contributed by atoms with Crippen LogP contribution in [0, 0.1) is 5.82 Å². The van der Waals surface area contributed by atoms with E-state index in [1.165, 1.54) is 30.5 Å². The van der Waals surface area contributed by atoms with Crippen LogP contribution in [0.1, 0.15) is 23.5 Å². The molecule has 0 saturated heterocycles. The molecule has 0 amide bonds. The molecule has 5 nitrogen and oxygen atoms in total. The van der Waals surface area contributed by atoms with E-state index in [2.05, 4.69) is 0 Å². The Morgan fingerprint density at radius 1 is 0.933 bits per heavy atom. The molecular weight excluding hydrogens is 387 g/mol. The average Bonchev–Trinajstić information content (AvgIpc) is 2.74. The fraction of sp³-hybridized carbons (Fsp3) is 0.0833. The molecule has 0 unspecified atom stereocenters. The molecule has 1 N–H and O–H groups in total. The molecule has 0 spiro atoms. The number of ether oxygens (including phenoxy) is 1. The van der Waals surface area contributed by atoms with Crippen LogP contribution in [-0.4, -0.2) is 11.1 Å². The van der Waals surface area contributed by atoms with E-state index < -0.39 is 5.82 Å². The highest BCUT2D eigenvalue weighted by atomic mass is 19.1. The smallest absolute Gasteiger partial charge is 0.312 e. The number of halogens is 1. The van der Waals surface area contributed by atoms with E-state index in [9.17, 15) is 19.1 Å². The predicted molar refractivity (Wildman–Crippen MR) is 108 cm³/mol. The minimum absolute atomic E-state index is 0.0836. The van der Waals surface area contributed by atoms with Crippen LogP contribution in [0.25, 0.3) is 22.1 Å². The molecule has 30 heavy (non-hydrogen) atoms. The van der Waals surface area contributed by atoms with Gasteiger partial charge in [-0.3, -0.25) is 9.59 Å². The summed E-state index contributed by atoms with van der Waals surface area (Å²) in [4.78, 5) is 25.3. The number of rotatable bonds is 2. The van der Waals surface area contributed by atoms with Crippen molar-refractivity contribution in [1.29, 1.82) is 0 Å². The summed E-state index contributed by atoms with van der Waals surface area (Å²) in [5.74, 6) is -0.701. The number of benzene rings is 3. The summed E-state index contributed by atoms with van der Waals surface area (Å²) < 4.78 is 24.5. The molecule has 3 aromatic carbocycles. The second-order valence-electron chi connectivity index (χ2n) is 7.16. The van der Waals surface area contributed by atoms with Crippen LogP contribution in [0.4, 0.5) is 4.39 Å². The minimum atomic E-state index is -0.392. The summed E-state index contributed by atoms with van der Waals surface area (Å²) in [6.45, 7) is 0. The van der Waals surface area contributed by atoms with Crippen LogP contribution in [-0.2, 0) is 4.79 Å². The first-order valence-corrected chi connectivity index (χ1v) is 9.35. The number of fused-ring (bicyclic) bond motifs is 3. The molecule has 4 aromatic rings. The molecule has 0 saturated carbocycles. The fourth-order valence-electron chi connectivity index (χ4n) is 3.88. The van der Waals surface area contributed by atoms with E-state index in [4.69, 9.17) is 9.15 Å². The van der Waals surface area contributed by atoms with Gasteiger partial charge in [0, 0.05) is 11.5 Å². The Hall–Kier alpha value is -3.93. The zero-order valence-electron chi connectivity index (χ0n) is 15.6. The van der Waals surface area contributed by atoms with Crippen LogP contribution in [0.5, 0.6) is 11.5 Å². The van der Waals surface area contributed by atoms with Crippen molar-refractivity contribution in [3.05, 3.63) is 94.1 Å². The third-order valence-corrected chi connectivity index (χ3v) is 5.33. The third kappa shape index (κ3) is 2.93. The van der Waals surface area contributed by atoms with Crippen molar-refractivity contribution in [1.82, 2.24) is 0 Å². The van der Waals surface area contributed by atoms with Crippen LogP contribution in [0.3, 0.4) is 0 Å². The zero-order valence-corrected chi connectivity index (χ0v) is 15.6. The fourth-order valence-corrected chi connectivity index (χ4v) is 3.88. The van der Waals surface area contributed by atoms with Gasteiger partial charge in [0.1, 0.15) is 29.2 Å². The van der Waals surface area contributed by atoms with Gasteiger partial charge >= 0.3 is 5.97 Å². The molecule has 6 heteroatoms. The average molecular weight is 402 g/mol. The van der Waals surface area contributed by atoms with Gasteiger partial charge in [0.05, 0.1) is 17.4 Å². The second-order valence-corrected chi connectivity index (χ2v) is 7.16. The van der Waals surface area contributed by atoms with Gasteiger partial charge in [-0.05, 0) is 47.5 Å². The molecule has 1 aliphatic heterocycles. The molecule has 5 rings (SSSR count). The Kier molecular flexibility index (Phi) is 4.13. The van der Waals surface area contributed by atoms with E-state index in [1.54, 1.807) is 36.4 Å². The Balaban J connectivity index is 1.72. The normalized spacial score (nSPS) is 15.6. The zero-order chi connectivity index (χ0) is 20.8. The molecular formula is C24H15FO5. The summed E-state index contributed by atoms with van der Waals surface area (Å²) in [6.07, 6.45) is 1.43. The van der Waals surface area contributed by atoms with Gasteiger partial charge in [0.15, 0.2) is 0 Å². The highest BCUT2D eigenvalue weighted by Gasteiger charge is 2.32. The number of carbonyl (C=O) groups is 1. The molecule has 0 fully saturated rings. The van der Waals surface area contributed by atoms with Crippen molar-refractivity contribution in [2.75, 3.05) is 0 Å². The largest absolute Gasteiger partial charge is 0.508 e. The standard InChI is InChI=1S/C24H15FO5/c25-15-5-1-14(2-6-15)19-12-29-24-17(23(19)28)9-10-20-22(24)18(11-21(27)30-20)13-3-7-16(26)8-4-13/h1-10,12,18,26H,11H2/t18-/m1/s1. The molecule has 1 aliphatic rings. The van der Waals surface area contributed by atoms with E-state index in [-0.39, 0.29) is 29.5 Å². The van der Waals surface area contributed by atoms with Crippen molar-refractivity contribution >= 4 is 16.9 Å². The van der Waals surface area contributed by atoms with E-state index in [0.29, 0.717) is 33.4 Å². The number of hydrogen-bond donors (Lipinski definition) is 1. The Labute approximate surface area is 170 Å². The summed E-state index contributed by atoms with van der Waals surface area (Å²) >= 11 is 0. The minimum Gasteiger partial charge on any atom is -0.508 e. The van der Waals surface area contributed by atoms with Gasteiger partial charge in [-0.1, -0.05) is 24.3 Å². The van der Waals surface area contributed by atoms with Crippen molar-refractivity contribution in [3.63, 3.8) is 0 Å². The summed E-state index contributed by atoms with van der Waals surface area (Å²) in [5, 5.41) is 9.94. The molecule has 1 atom stereocenters. The van der Waals surface area contributed by atoms with Gasteiger partial charge in [0.25, 0.3) is 0 Å². The number of hydrogen-bond acceptors (Lipinski definition) is 5. The highest BCUT2D eigenvalue weighted by Crippen LogP contribution is 2.43. The summed E-state index contributed by atoms with van der Waals surface area (Å²) in [7, 11) is 0. The maximum Gasteiger partial charge on any atom is 0.312 e. The monoisotopic (exact) mass is 402 g/mol. The topological polar surface area (TPSA) is 76.7 Å². The number of phenols is 1. The first-order valence-electron chi connectivity index (χ1n) is 9.35. The van der Waals surface area contributed by atoms with E-state index >= 15 is 0 Å². The number of aromatic hydroxyl groups is 1. The van der Waals surface area contributed by atoms with Crippen LogP contribution in [0.15, 0.2) is 76.1 Å². The summed E-state index contributed by atoms with van der Waals surface area (Å²) in [6, 6.07) is 15.3. The molecule has 0 aliphatic carbocycles. The van der Waals surface area contributed by atoms with Gasteiger partial charge in [-0.15, -0.1) is 0 Å². The Bertz CT molecular complexity index is 1340. The van der Waals surface area contributed by atoms with Gasteiger partial charge in [-0.25, -0.2) is 4.39 Å². The van der Waals surface area contributed by atoms with Gasteiger partial charge in [-0.2, -0.15) is 0 Å². The Morgan fingerprint density at radius 3 is 2.40 bits per heavy atom. The molecule has 2 heterocycles. The van der Waals surface area contributed by atoms with Crippen LogP contribution in [0.2, 0.25) is 0 Å². The number of carbonyl (C=O) groups excluding carboxylic acids is 1. The molecule has 0 bridgehead atoms. The van der Waals surface area contributed by atoms with E-state index in [0.717, 1.165) is 5.56 Å². The van der Waals surface area contributed by atoms with Crippen LogP contribution < -0.4 is 10.2 Å². The lowest BCUT2D eigenvalue weighted by atomic mass is 9.85. The lowest BCUT2D eigenvalue weighted by Gasteiger charge is -2.25. The van der Waals surface area contributed by atoms with Gasteiger partial charge in [0.2, 0.25) is 5.43 Å². The summed E-state index contributed by atoms with van der Waals surface area (Å²) in [5.41, 5.74) is 2.35. The van der Waals surface area contributed by atoms with Crippen molar-refractivity contribution in [2.24, 2.45) is 0 Å². The molecule has 1 aromatic heterocycles. The van der Waals surface area contributed by atoms with Crippen molar-refractivity contribution in [2.45, 2.75) is 12.3 Å². The van der Waals surface area contributed by atoms with E-state index in [1.807, 2.05) is 0 Å². The Morgan fingerprint density at radius 2 is 1.67 bits per heavy atom. The molecule has 148 valence electrons. The predicted octanol–water partition coefficient (Wildman–Crippen LogP) is 4.75. The molecule has 0 radical (unpaired) electrons. The second kappa shape index (κ2) is 6.84. The maximum absolute atomic E-state index is 13.2. The SMILES string of the molecule is O=C1C[C@H](c2ccc(O)cc2)c2c(ccc3c(=O)c(-c4ccc(F)cc4)coc23)O1. The lowest BCUT2D eigenvalue weighted by Crippen LogP contribution is -2.22. The van der Waals surface area contributed by atoms with Crippen molar-refractivity contribution < 1.29 is 23.4 Å². The maximum atomic E-state index is 13.2. The van der Waals surface area contributed by atoms with Crippen LogP contribution >= 0.6 is 0 Å². The van der Waals surface area contributed by atoms with Gasteiger partial charge < -0.3 is 14.3 Å². The lowest BCUT2D eigenvalue weighted by molar-refractivity contribution is -0.135. The number of esters is 1. The quantitative estimate of drug-likeness (QED) is 0.387. The third-order valence-electron chi connectivity index (χ3n) is 5.33. The highest BCUT2D eigenvalue weighted by molar-refractivity contribution is 5.90. The van der Waals surface area contributed by atoms with Crippen molar-refractivity contribution in [3.8, 4) is 22.6 Å². The first-order chi connectivity index (χ1) is 14.5.